The highest BCUT2D eigenvalue weighted by Gasteiger charge is 2.26. The summed E-state index contributed by atoms with van der Waals surface area (Å²) in [4.78, 5) is 13.6. The minimum atomic E-state index is -0.137. The zero-order chi connectivity index (χ0) is 11.9. The smallest absolute Gasteiger partial charge is 0.248 e. The van der Waals surface area contributed by atoms with Crippen molar-refractivity contribution in [3.05, 3.63) is 23.8 Å². The summed E-state index contributed by atoms with van der Waals surface area (Å²) in [6, 6.07) is 6.13. The number of hydrogen-bond acceptors (Lipinski definition) is 2. The molecule has 0 saturated heterocycles. The van der Waals surface area contributed by atoms with Gasteiger partial charge in [-0.25, -0.2) is 0 Å². The summed E-state index contributed by atoms with van der Waals surface area (Å²) in [7, 11) is 1.84. The minimum absolute atomic E-state index is 0.119. The van der Waals surface area contributed by atoms with E-state index >= 15 is 0 Å². The lowest BCUT2D eigenvalue weighted by atomic mass is 10.00. The second-order valence-electron chi connectivity index (χ2n) is 4.69. The molecule has 0 aromatic heterocycles. The molecule has 0 saturated carbocycles. The van der Waals surface area contributed by atoms with E-state index in [9.17, 15) is 4.79 Å². The van der Waals surface area contributed by atoms with Gasteiger partial charge in [0.1, 0.15) is 6.04 Å². The van der Waals surface area contributed by atoms with E-state index in [4.69, 9.17) is 0 Å². The van der Waals surface area contributed by atoms with Crippen molar-refractivity contribution in [3.8, 4) is 0 Å². The van der Waals surface area contributed by atoms with Gasteiger partial charge in [0.25, 0.3) is 0 Å². The van der Waals surface area contributed by atoms with Gasteiger partial charge in [-0.3, -0.25) is 4.79 Å². The summed E-state index contributed by atoms with van der Waals surface area (Å²) in [5.74, 6) is 0.599. The van der Waals surface area contributed by atoms with Crippen LogP contribution < -0.4 is 10.2 Å². The van der Waals surface area contributed by atoms with Crippen LogP contribution in [0.1, 0.15) is 32.3 Å². The average Bonchev–Trinajstić information content (AvgIpc) is 2.25. The molecule has 0 fully saturated rings. The fourth-order valence-electron chi connectivity index (χ4n) is 2.01. The van der Waals surface area contributed by atoms with Crippen LogP contribution >= 0.6 is 0 Å². The Bertz CT molecular complexity index is 426. The molecule has 0 radical (unpaired) electrons. The largest absolute Gasteiger partial charge is 0.372 e. The van der Waals surface area contributed by atoms with Gasteiger partial charge in [-0.05, 0) is 30.5 Å². The number of fused-ring (bicyclic) bond motifs is 1. The monoisotopic (exact) mass is 218 g/mol. The lowest BCUT2D eigenvalue weighted by molar-refractivity contribution is -0.118. The number of carbonyl (C=O) groups is 1. The molecule has 86 valence electrons. The molecule has 0 aliphatic carbocycles. The highest BCUT2D eigenvalue weighted by Crippen LogP contribution is 2.33. The van der Waals surface area contributed by atoms with Gasteiger partial charge in [0.05, 0.1) is 11.4 Å². The topological polar surface area (TPSA) is 32.3 Å². The standard InChI is InChI=1S/C13H18N2O/c1-8(2)10-5-6-11-12(7-10)15(4)13(16)9(3)14-11/h5-9,14H,1-4H3. The van der Waals surface area contributed by atoms with Crippen molar-refractivity contribution in [1.29, 1.82) is 0 Å². The van der Waals surface area contributed by atoms with Crippen LogP contribution in [0.4, 0.5) is 11.4 Å². The van der Waals surface area contributed by atoms with Crippen molar-refractivity contribution >= 4 is 17.3 Å². The van der Waals surface area contributed by atoms with Crippen LogP contribution in [-0.4, -0.2) is 19.0 Å². The number of hydrogen-bond donors (Lipinski definition) is 1. The van der Waals surface area contributed by atoms with Crippen LogP contribution in [0.15, 0.2) is 18.2 Å². The number of likely N-dealkylation sites (N-methyl/N-ethyl adjacent to an activating group) is 1. The Hall–Kier alpha value is -1.51. The summed E-state index contributed by atoms with van der Waals surface area (Å²) >= 11 is 0. The number of nitrogens with one attached hydrogen (secondary N) is 1. The molecule has 1 aliphatic rings. The number of benzene rings is 1. The van der Waals surface area contributed by atoms with Gasteiger partial charge < -0.3 is 10.2 Å². The first-order chi connectivity index (χ1) is 7.50. The maximum atomic E-state index is 11.8. The van der Waals surface area contributed by atoms with Crippen LogP contribution in [0.5, 0.6) is 0 Å². The van der Waals surface area contributed by atoms with E-state index < -0.39 is 0 Å². The van der Waals surface area contributed by atoms with Crippen LogP contribution in [0, 0.1) is 0 Å². The van der Waals surface area contributed by atoms with Crippen molar-refractivity contribution in [2.75, 3.05) is 17.3 Å². The van der Waals surface area contributed by atoms with E-state index in [2.05, 4.69) is 37.4 Å². The molecule has 16 heavy (non-hydrogen) atoms. The lowest BCUT2D eigenvalue weighted by Gasteiger charge is -2.31. The number of rotatable bonds is 1. The summed E-state index contributed by atoms with van der Waals surface area (Å²) < 4.78 is 0. The number of carbonyl (C=O) groups excluding carboxylic acids is 1. The third-order valence-electron chi connectivity index (χ3n) is 3.12. The molecule has 3 nitrogen and oxygen atoms in total. The van der Waals surface area contributed by atoms with Crippen LogP contribution in [0.3, 0.4) is 0 Å². The Labute approximate surface area is 96.5 Å². The molecule has 1 aromatic rings. The highest BCUT2D eigenvalue weighted by atomic mass is 16.2. The Balaban J connectivity index is 2.46. The average molecular weight is 218 g/mol. The molecule has 2 rings (SSSR count). The molecule has 3 heteroatoms. The molecular formula is C13H18N2O. The van der Waals surface area contributed by atoms with Crippen molar-refractivity contribution in [1.82, 2.24) is 0 Å². The summed E-state index contributed by atoms with van der Waals surface area (Å²) in [6.07, 6.45) is 0. The van der Waals surface area contributed by atoms with Crippen LogP contribution in [0.2, 0.25) is 0 Å². The zero-order valence-corrected chi connectivity index (χ0v) is 10.2. The third kappa shape index (κ3) is 1.66. The highest BCUT2D eigenvalue weighted by molar-refractivity contribution is 6.04. The Morgan fingerprint density at radius 3 is 2.69 bits per heavy atom. The quantitative estimate of drug-likeness (QED) is 0.785. The first kappa shape index (κ1) is 11.0. The SMILES string of the molecule is CC1Nc2ccc(C(C)C)cc2N(C)C1=O. The second kappa shape index (κ2) is 3.81. The van der Waals surface area contributed by atoms with E-state index in [0.29, 0.717) is 5.92 Å². The predicted molar refractivity (Wildman–Crippen MR) is 67.0 cm³/mol. The van der Waals surface area contributed by atoms with Gasteiger partial charge >= 0.3 is 0 Å². The number of anilines is 2. The normalized spacial score (nSPS) is 19.7. The Morgan fingerprint density at radius 2 is 2.06 bits per heavy atom. The zero-order valence-electron chi connectivity index (χ0n) is 10.2. The van der Waals surface area contributed by atoms with Crippen LogP contribution in [-0.2, 0) is 4.79 Å². The van der Waals surface area contributed by atoms with Crippen molar-refractivity contribution < 1.29 is 4.79 Å². The van der Waals surface area contributed by atoms with Crippen molar-refractivity contribution in [3.63, 3.8) is 0 Å². The minimum Gasteiger partial charge on any atom is -0.372 e. The second-order valence-corrected chi connectivity index (χ2v) is 4.69. The molecule has 1 aliphatic heterocycles. The molecule has 1 aromatic carbocycles. The van der Waals surface area contributed by atoms with Gasteiger partial charge in [0.2, 0.25) is 5.91 Å². The third-order valence-corrected chi connectivity index (χ3v) is 3.12. The fourth-order valence-corrected chi connectivity index (χ4v) is 2.01. The molecule has 1 N–H and O–H groups in total. The Morgan fingerprint density at radius 1 is 1.38 bits per heavy atom. The van der Waals surface area contributed by atoms with Gasteiger partial charge in [-0.15, -0.1) is 0 Å². The fraction of sp³-hybridized carbons (Fsp3) is 0.462. The van der Waals surface area contributed by atoms with Crippen molar-refractivity contribution in [2.24, 2.45) is 0 Å². The van der Waals surface area contributed by atoms with Gasteiger partial charge in [-0.1, -0.05) is 19.9 Å². The van der Waals surface area contributed by atoms with Gasteiger partial charge in [0, 0.05) is 7.05 Å². The predicted octanol–water partition coefficient (Wildman–Crippen LogP) is 2.59. The van der Waals surface area contributed by atoms with E-state index in [1.54, 1.807) is 4.90 Å². The summed E-state index contributed by atoms with van der Waals surface area (Å²) in [5.41, 5.74) is 3.28. The molecule has 1 unspecified atom stereocenters. The first-order valence-corrected chi connectivity index (χ1v) is 5.68. The molecule has 0 bridgehead atoms. The maximum absolute atomic E-state index is 11.8. The van der Waals surface area contributed by atoms with Crippen LogP contribution in [0.25, 0.3) is 0 Å². The molecule has 0 spiro atoms. The van der Waals surface area contributed by atoms with Gasteiger partial charge in [0.15, 0.2) is 0 Å². The van der Waals surface area contributed by atoms with Gasteiger partial charge in [-0.2, -0.15) is 0 Å². The molecule has 1 atom stereocenters. The lowest BCUT2D eigenvalue weighted by Crippen LogP contribution is -2.43. The Kier molecular flexibility index (Phi) is 2.62. The first-order valence-electron chi connectivity index (χ1n) is 5.68. The van der Waals surface area contributed by atoms with Crippen molar-refractivity contribution in [2.45, 2.75) is 32.7 Å². The van der Waals surface area contributed by atoms with E-state index in [1.165, 1.54) is 5.56 Å². The molecular weight excluding hydrogens is 200 g/mol. The number of nitrogens with zero attached hydrogens (tertiary/aromatic N) is 1. The summed E-state index contributed by atoms with van der Waals surface area (Å²) in [6.45, 7) is 6.20. The summed E-state index contributed by atoms with van der Waals surface area (Å²) in [5, 5.41) is 3.21. The van der Waals surface area contributed by atoms with E-state index in [-0.39, 0.29) is 11.9 Å². The maximum Gasteiger partial charge on any atom is 0.248 e. The molecule has 1 amide bonds. The molecule has 1 heterocycles. The van der Waals surface area contributed by atoms with E-state index in [1.807, 2.05) is 14.0 Å². The van der Waals surface area contributed by atoms with E-state index in [0.717, 1.165) is 11.4 Å². The number of amides is 1.